The Kier molecular flexibility index (Phi) is 5.80. The number of benzene rings is 2. The molecule has 1 aromatic heterocycles. The summed E-state index contributed by atoms with van der Waals surface area (Å²) < 4.78 is 14.3. The van der Waals surface area contributed by atoms with Crippen molar-refractivity contribution in [1.82, 2.24) is 9.55 Å². The van der Waals surface area contributed by atoms with Crippen LogP contribution in [0.3, 0.4) is 0 Å². The van der Waals surface area contributed by atoms with Crippen molar-refractivity contribution in [3.63, 3.8) is 0 Å². The zero-order valence-electron chi connectivity index (χ0n) is 14.7. The first-order valence-corrected chi connectivity index (χ1v) is 8.82. The number of nitrogens with one attached hydrogen (secondary N) is 2. The van der Waals surface area contributed by atoms with E-state index < -0.39 is 11.5 Å². The van der Waals surface area contributed by atoms with Crippen LogP contribution in [-0.2, 0) is 11.3 Å². The molecule has 3 rings (SSSR count). The number of fused-ring (bicyclic) bond motifs is 1. The summed E-state index contributed by atoms with van der Waals surface area (Å²) in [7, 11) is 0. The van der Waals surface area contributed by atoms with Crippen LogP contribution in [0.15, 0.2) is 58.1 Å². The Labute approximate surface area is 154 Å². The zero-order valence-corrected chi connectivity index (χ0v) is 14.7. The van der Waals surface area contributed by atoms with Crippen LogP contribution < -0.4 is 16.6 Å². The van der Waals surface area contributed by atoms with E-state index in [1.807, 2.05) is 0 Å². The van der Waals surface area contributed by atoms with Gasteiger partial charge in [0.05, 0.1) is 10.9 Å². The van der Waals surface area contributed by atoms with Gasteiger partial charge in [0.1, 0.15) is 5.82 Å². The SMILES string of the molecule is O=C(CCCCCn1c(=O)[nH]c2ccccc2c1=O)Nc1cccc(F)c1. The maximum Gasteiger partial charge on any atom is 0.328 e. The molecule has 1 amide bonds. The number of hydrogen-bond donors (Lipinski definition) is 2. The minimum atomic E-state index is -0.428. The molecule has 0 unspecified atom stereocenters. The van der Waals surface area contributed by atoms with Gasteiger partial charge in [-0.1, -0.05) is 24.6 Å². The monoisotopic (exact) mass is 369 g/mol. The van der Waals surface area contributed by atoms with Crippen LogP contribution in [0.5, 0.6) is 0 Å². The molecule has 3 aromatic rings. The molecule has 2 aromatic carbocycles. The molecule has 0 fully saturated rings. The Morgan fingerprint density at radius 2 is 1.85 bits per heavy atom. The fraction of sp³-hybridized carbons (Fsp3) is 0.250. The van der Waals surface area contributed by atoms with Crippen LogP contribution >= 0.6 is 0 Å². The summed E-state index contributed by atoms with van der Waals surface area (Å²) in [6.07, 6.45) is 2.20. The standard InChI is InChI=1S/C20H20FN3O3/c21-14-7-6-8-15(13-14)22-18(25)11-2-1-5-12-24-19(26)16-9-3-4-10-17(16)23-20(24)27/h3-4,6-10,13H,1-2,5,11-12H2,(H,22,25)(H,23,27). The highest BCUT2D eigenvalue weighted by atomic mass is 19.1. The van der Waals surface area contributed by atoms with Gasteiger partial charge >= 0.3 is 5.69 Å². The third-order valence-electron chi connectivity index (χ3n) is 4.28. The van der Waals surface area contributed by atoms with Crippen LogP contribution in [0, 0.1) is 5.82 Å². The number of hydrogen-bond acceptors (Lipinski definition) is 3. The van der Waals surface area contributed by atoms with Crippen LogP contribution in [0.4, 0.5) is 10.1 Å². The highest BCUT2D eigenvalue weighted by Gasteiger charge is 2.07. The number of nitrogens with zero attached hydrogens (tertiary/aromatic N) is 1. The van der Waals surface area contributed by atoms with Gasteiger partial charge in [-0.05, 0) is 43.2 Å². The maximum atomic E-state index is 13.1. The minimum Gasteiger partial charge on any atom is -0.326 e. The van der Waals surface area contributed by atoms with E-state index in [2.05, 4.69) is 10.3 Å². The van der Waals surface area contributed by atoms with Crippen molar-refractivity contribution in [2.24, 2.45) is 0 Å². The van der Waals surface area contributed by atoms with Crippen molar-refractivity contribution < 1.29 is 9.18 Å². The van der Waals surface area contributed by atoms with Gasteiger partial charge in [0.15, 0.2) is 0 Å². The summed E-state index contributed by atoms with van der Waals surface area (Å²) in [5, 5.41) is 3.12. The van der Waals surface area contributed by atoms with Crippen molar-refractivity contribution in [1.29, 1.82) is 0 Å². The van der Waals surface area contributed by atoms with Crippen molar-refractivity contribution in [3.05, 3.63) is 75.2 Å². The van der Waals surface area contributed by atoms with E-state index >= 15 is 0 Å². The smallest absolute Gasteiger partial charge is 0.326 e. The first kappa shape index (κ1) is 18.6. The second-order valence-corrected chi connectivity index (χ2v) is 6.30. The quantitative estimate of drug-likeness (QED) is 0.628. The zero-order chi connectivity index (χ0) is 19.2. The van der Waals surface area contributed by atoms with Crippen LogP contribution in [0.25, 0.3) is 10.9 Å². The number of amides is 1. The molecule has 27 heavy (non-hydrogen) atoms. The molecule has 1 heterocycles. The molecule has 0 saturated carbocycles. The molecule has 0 atom stereocenters. The predicted molar refractivity (Wildman–Crippen MR) is 102 cm³/mol. The molecule has 2 N–H and O–H groups in total. The predicted octanol–water partition coefficient (Wildman–Crippen LogP) is 3.03. The Bertz CT molecular complexity index is 1070. The van der Waals surface area contributed by atoms with E-state index in [1.54, 1.807) is 30.3 Å². The largest absolute Gasteiger partial charge is 0.328 e. The normalized spacial score (nSPS) is 10.9. The van der Waals surface area contributed by atoms with E-state index in [0.29, 0.717) is 48.8 Å². The van der Waals surface area contributed by atoms with Gasteiger partial charge in [-0.25, -0.2) is 9.18 Å². The number of H-pyrrole nitrogens is 1. The molecule has 0 saturated heterocycles. The molecule has 7 heteroatoms. The van der Waals surface area contributed by atoms with Gasteiger partial charge in [-0.3, -0.25) is 14.2 Å². The van der Waals surface area contributed by atoms with E-state index in [-0.39, 0.29) is 11.5 Å². The number of halogens is 1. The second-order valence-electron chi connectivity index (χ2n) is 6.30. The molecule has 0 radical (unpaired) electrons. The van der Waals surface area contributed by atoms with E-state index in [9.17, 15) is 18.8 Å². The summed E-state index contributed by atoms with van der Waals surface area (Å²) >= 11 is 0. The number of carbonyl (C=O) groups excluding carboxylic acids is 1. The molecule has 140 valence electrons. The van der Waals surface area contributed by atoms with Gasteiger partial charge < -0.3 is 10.3 Å². The van der Waals surface area contributed by atoms with Gasteiger partial charge in [0.2, 0.25) is 5.91 Å². The number of rotatable bonds is 7. The van der Waals surface area contributed by atoms with Crippen LogP contribution in [0.2, 0.25) is 0 Å². The molecule has 0 aliphatic heterocycles. The number of para-hydroxylation sites is 1. The molecular formula is C20H20FN3O3. The highest BCUT2D eigenvalue weighted by molar-refractivity contribution is 5.90. The van der Waals surface area contributed by atoms with Gasteiger partial charge in [0, 0.05) is 18.7 Å². The van der Waals surface area contributed by atoms with E-state index in [0.717, 1.165) is 0 Å². The average molecular weight is 369 g/mol. The lowest BCUT2D eigenvalue weighted by atomic mass is 10.2. The van der Waals surface area contributed by atoms with Crippen molar-refractivity contribution >= 4 is 22.5 Å². The lowest BCUT2D eigenvalue weighted by Crippen LogP contribution is -2.35. The van der Waals surface area contributed by atoms with Crippen LogP contribution in [0.1, 0.15) is 25.7 Å². The molecule has 0 bridgehead atoms. The first-order chi connectivity index (χ1) is 13.0. The van der Waals surface area contributed by atoms with Gasteiger partial charge in [0.25, 0.3) is 5.56 Å². The van der Waals surface area contributed by atoms with Crippen molar-refractivity contribution in [2.75, 3.05) is 5.32 Å². The topological polar surface area (TPSA) is 84.0 Å². The Hall–Kier alpha value is -3.22. The summed E-state index contributed by atoms with van der Waals surface area (Å²) in [4.78, 5) is 39.0. The number of carbonyl (C=O) groups is 1. The number of aromatic amines is 1. The lowest BCUT2D eigenvalue weighted by Gasteiger charge is -2.07. The maximum absolute atomic E-state index is 13.1. The average Bonchev–Trinajstić information content (AvgIpc) is 2.64. The minimum absolute atomic E-state index is 0.193. The summed E-state index contributed by atoms with van der Waals surface area (Å²) in [6.45, 7) is 0.296. The fourth-order valence-electron chi connectivity index (χ4n) is 2.92. The highest BCUT2D eigenvalue weighted by Crippen LogP contribution is 2.10. The third-order valence-corrected chi connectivity index (χ3v) is 4.28. The third kappa shape index (κ3) is 4.69. The number of aromatic nitrogens is 2. The van der Waals surface area contributed by atoms with Crippen molar-refractivity contribution in [2.45, 2.75) is 32.2 Å². The fourth-order valence-corrected chi connectivity index (χ4v) is 2.92. The summed E-state index contributed by atoms with van der Waals surface area (Å²) in [6, 6.07) is 12.6. The lowest BCUT2D eigenvalue weighted by molar-refractivity contribution is -0.116. The molecule has 0 aliphatic rings. The van der Waals surface area contributed by atoms with Gasteiger partial charge in [-0.15, -0.1) is 0 Å². The van der Waals surface area contributed by atoms with E-state index in [1.165, 1.54) is 22.8 Å². The van der Waals surface area contributed by atoms with Crippen LogP contribution in [-0.4, -0.2) is 15.5 Å². The summed E-state index contributed by atoms with van der Waals surface area (Å²) in [5.74, 6) is -0.597. The number of unbranched alkanes of at least 4 members (excludes halogenated alkanes) is 2. The Morgan fingerprint density at radius 1 is 1.04 bits per heavy atom. The first-order valence-electron chi connectivity index (χ1n) is 8.82. The molecule has 6 nitrogen and oxygen atoms in total. The Balaban J connectivity index is 1.49. The van der Waals surface area contributed by atoms with Crippen molar-refractivity contribution in [3.8, 4) is 0 Å². The molecule has 0 aliphatic carbocycles. The molecular weight excluding hydrogens is 349 g/mol. The number of anilines is 1. The molecule has 0 spiro atoms. The van der Waals surface area contributed by atoms with Gasteiger partial charge in [-0.2, -0.15) is 0 Å². The van der Waals surface area contributed by atoms with E-state index in [4.69, 9.17) is 0 Å². The second kappa shape index (κ2) is 8.44. The summed E-state index contributed by atoms with van der Waals surface area (Å²) in [5.41, 5.74) is 0.216. The Morgan fingerprint density at radius 3 is 2.67 bits per heavy atom.